The van der Waals surface area contributed by atoms with Crippen LogP contribution in [0.3, 0.4) is 0 Å². The van der Waals surface area contributed by atoms with Crippen molar-refractivity contribution >= 4 is 23.0 Å². The molecule has 2 aliphatic rings. The van der Waals surface area contributed by atoms with E-state index in [1.807, 2.05) is 0 Å². The standard InChI is InChI=1S/C21H23N5O4/c1-12(28)29-16-8-18(30-17(16)9-27)26-11-24-19-20(22-10-23-21(19)26)25-15-7-6-13-4-2-3-5-14(13)15/h2-5,10-11,15-18,27H,6-9H2,1H3,(H,22,23,25)/t15-,16?,17?,18?/m0/s1. The highest BCUT2D eigenvalue weighted by Gasteiger charge is 2.39. The molecule has 3 unspecified atom stereocenters. The minimum Gasteiger partial charge on any atom is -0.460 e. The van der Waals surface area contributed by atoms with Crippen LogP contribution in [0.1, 0.15) is 43.2 Å². The number of rotatable bonds is 5. The van der Waals surface area contributed by atoms with Gasteiger partial charge in [0, 0.05) is 13.3 Å². The quantitative estimate of drug-likeness (QED) is 0.617. The van der Waals surface area contributed by atoms with Gasteiger partial charge in [0.25, 0.3) is 0 Å². The number of hydrogen-bond acceptors (Lipinski definition) is 8. The van der Waals surface area contributed by atoms with E-state index in [9.17, 15) is 9.90 Å². The Labute approximate surface area is 173 Å². The van der Waals surface area contributed by atoms with Crippen molar-refractivity contribution in [2.45, 2.75) is 50.7 Å². The minimum atomic E-state index is -0.578. The summed E-state index contributed by atoms with van der Waals surface area (Å²) in [5.74, 6) is 0.275. The van der Waals surface area contributed by atoms with Crippen LogP contribution in [0.15, 0.2) is 36.9 Å². The van der Waals surface area contributed by atoms with Crippen molar-refractivity contribution < 1.29 is 19.4 Å². The second-order valence-electron chi connectivity index (χ2n) is 7.68. The van der Waals surface area contributed by atoms with Crippen molar-refractivity contribution in [1.82, 2.24) is 19.5 Å². The first-order valence-corrected chi connectivity index (χ1v) is 10.1. The molecule has 1 fully saturated rings. The lowest BCUT2D eigenvalue weighted by Crippen LogP contribution is -2.29. The number of fused-ring (bicyclic) bond motifs is 2. The van der Waals surface area contributed by atoms with Gasteiger partial charge in [0.2, 0.25) is 0 Å². The highest BCUT2D eigenvalue weighted by molar-refractivity contribution is 5.83. The Morgan fingerprint density at radius 3 is 3.03 bits per heavy atom. The van der Waals surface area contributed by atoms with Crippen LogP contribution in [0.25, 0.3) is 11.2 Å². The third kappa shape index (κ3) is 3.29. The third-order valence-electron chi connectivity index (χ3n) is 5.79. The predicted octanol–water partition coefficient (Wildman–Crippen LogP) is 2.14. The van der Waals surface area contributed by atoms with Crippen LogP contribution >= 0.6 is 0 Å². The van der Waals surface area contributed by atoms with Gasteiger partial charge in [0.1, 0.15) is 24.8 Å². The number of hydrogen-bond donors (Lipinski definition) is 2. The number of aromatic nitrogens is 4. The zero-order valence-corrected chi connectivity index (χ0v) is 16.6. The molecule has 30 heavy (non-hydrogen) atoms. The number of nitrogens with one attached hydrogen (secondary N) is 1. The van der Waals surface area contributed by atoms with E-state index in [0.717, 1.165) is 12.8 Å². The van der Waals surface area contributed by atoms with Gasteiger partial charge in [-0.1, -0.05) is 24.3 Å². The molecule has 3 heterocycles. The first kappa shape index (κ1) is 19.0. The molecule has 0 saturated carbocycles. The number of benzene rings is 1. The number of imidazole rings is 1. The number of aliphatic hydroxyl groups excluding tert-OH is 1. The number of aryl methyl sites for hydroxylation is 1. The lowest BCUT2D eigenvalue weighted by Gasteiger charge is -2.16. The lowest BCUT2D eigenvalue weighted by atomic mass is 10.1. The molecular formula is C21H23N5O4. The van der Waals surface area contributed by atoms with Crippen LogP contribution in [0.4, 0.5) is 5.82 Å². The molecule has 9 nitrogen and oxygen atoms in total. The summed E-state index contributed by atoms with van der Waals surface area (Å²) in [5, 5.41) is 13.1. The van der Waals surface area contributed by atoms with Crippen LogP contribution in [-0.4, -0.2) is 49.4 Å². The number of ether oxygens (including phenoxy) is 2. The fourth-order valence-corrected chi connectivity index (χ4v) is 4.41. The maximum absolute atomic E-state index is 11.4. The van der Waals surface area contributed by atoms with Crippen LogP contribution in [-0.2, 0) is 20.7 Å². The molecule has 1 aliphatic carbocycles. The number of carbonyl (C=O) groups excluding carboxylic acids is 1. The second kappa shape index (κ2) is 7.66. The molecule has 2 N–H and O–H groups in total. The van der Waals surface area contributed by atoms with Gasteiger partial charge in [0.05, 0.1) is 19.0 Å². The zero-order chi connectivity index (χ0) is 20.7. The molecule has 0 radical (unpaired) electrons. The summed E-state index contributed by atoms with van der Waals surface area (Å²) in [6.07, 6.45) is 4.08. The highest BCUT2D eigenvalue weighted by Crippen LogP contribution is 2.36. The summed E-state index contributed by atoms with van der Waals surface area (Å²) in [4.78, 5) is 24.7. The Morgan fingerprint density at radius 2 is 2.20 bits per heavy atom. The topological polar surface area (TPSA) is 111 Å². The summed E-state index contributed by atoms with van der Waals surface area (Å²) in [7, 11) is 0. The summed E-state index contributed by atoms with van der Waals surface area (Å²) < 4.78 is 13.0. The van der Waals surface area contributed by atoms with Crippen LogP contribution < -0.4 is 5.32 Å². The van der Waals surface area contributed by atoms with Crippen LogP contribution in [0.2, 0.25) is 0 Å². The van der Waals surface area contributed by atoms with Gasteiger partial charge in [0.15, 0.2) is 17.0 Å². The van der Waals surface area contributed by atoms with Gasteiger partial charge >= 0.3 is 5.97 Å². The summed E-state index contributed by atoms with van der Waals surface area (Å²) >= 11 is 0. The van der Waals surface area contributed by atoms with E-state index in [1.165, 1.54) is 24.4 Å². The number of carbonyl (C=O) groups is 1. The molecule has 0 spiro atoms. The van der Waals surface area contributed by atoms with E-state index in [0.29, 0.717) is 23.4 Å². The average Bonchev–Trinajstić information content (AvgIpc) is 3.45. The molecule has 1 saturated heterocycles. The van der Waals surface area contributed by atoms with Gasteiger partial charge in [-0.25, -0.2) is 15.0 Å². The molecule has 4 atom stereocenters. The minimum absolute atomic E-state index is 0.180. The van der Waals surface area contributed by atoms with E-state index in [-0.39, 0.29) is 12.6 Å². The molecular weight excluding hydrogens is 386 g/mol. The smallest absolute Gasteiger partial charge is 0.302 e. The maximum atomic E-state index is 11.4. The largest absolute Gasteiger partial charge is 0.460 e. The van der Waals surface area contributed by atoms with Gasteiger partial charge in [-0.15, -0.1) is 0 Å². The molecule has 9 heteroatoms. The van der Waals surface area contributed by atoms with Crippen molar-refractivity contribution in [3.8, 4) is 0 Å². The first-order valence-electron chi connectivity index (χ1n) is 10.1. The van der Waals surface area contributed by atoms with E-state index in [1.54, 1.807) is 10.9 Å². The Bertz CT molecular complexity index is 1080. The Balaban J connectivity index is 1.41. The third-order valence-corrected chi connectivity index (χ3v) is 5.79. The van der Waals surface area contributed by atoms with Gasteiger partial charge in [-0.05, 0) is 24.0 Å². The van der Waals surface area contributed by atoms with Crippen molar-refractivity contribution in [2.24, 2.45) is 0 Å². The zero-order valence-electron chi connectivity index (χ0n) is 16.6. The van der Waals surface area contributed by atoms with E-state index < -0.39 is 24.4 Å². The molecule has 5 rings (SSSR count). The summed E-state index contributed by atoms with van der Waals surface area (Å²) in [6, 6.07) is 8.61. The van der Waals surface area contributed by atoms with Crippen molar-refractivity contribution in [2.75, 3.05) is 11.9 Å². The summed E-state index contributed by atoms with van der Waals surface area (Å²) in [5.41, 5.74) is 3.93. The first-order chi connectivity index (χ1) is 14.6. The van der Waals surface area contributed by atoms with Crippen LogP contribution in [0.5, 0.6) is 0 Å². The van der Waals surface area contributed by atoms with Gasteiger partial charge < -0.3 is 19.9 Å². The van der Waals surface area contributed by atoms with Crippen molar-refractivity contribution in [1.29, 1.82) is 0 Å². The van der Waals surface area contributed by atoms with Crippen molar-refractivity contribution in [3.63, 3.8) is 0 Å². The molecule has 1 aliphatic heterocycles. The number of esters is 1. The number of nitrogens with zero attached hydrogens (tertiary/aromatic N) is 4. The van der Waals surface area contributed by atoms with E-state index in [2.05, 4.69) is 44.5 Å². The Morgan fingerprint density at radius 1 is 1.33 bits per heavy atom. The molecule has 0 amide bonds. The van der Waals surface area contributed by atoms with Gasteiger partial charge in [-0.3, -0.25) is 9.36 Å². The van der Waals surface area contributed by atoms with Crippen molar-refractivity contribution in [3.05, 3.63) is 48.0 Å². The fraction of sp³-hybridized carbons (Fsp3) is 0.429. The molecule has 1 aromatic carbocycles. The molecule has 0 bridgehead atoms. The predicted molar refractivity (Wildman–Crippen MR) is 108 cm³/mol. The monoisotopic (exact) mass is 409 g/mol. The van der Waals surface area contributed by atoms with E-state index in [4.69, 9.17) is 9.47 Å². The Hall–Kier alpha value is -3.04. The molecule has 2 aromatic heterocycles. The van der Waals surface area contributed by atoms with Gasteiger partial charge in [-0.2, -0.15) is 0 Å². The average molecular weight is 409 g/mol. The lowest BCUT2D eigenvalue weighted by molar-refractivity contribution is -0.150. The fourth-order valence-electron chi connectivity index (χ4n) is 4.41. The summed E-state index contributed by atoms with van der Waals surface area (Å²) in [6.45, 7) is 1.12. The normalized spacial score (nSPS) is 25.4. The SMILES string of the molecule is CC(=O)OC1CC(n2cnc3c(N[C@H]4CCc5ccccc54)ncnc32)OC1CO. The number of anilines is 1. The Kier molecular flexibility index (Phi) is 4.84. The molecule has 156 valence electrons. The van der Waals surface area contributed by atoms with Crippen LogP contribution in [0, 0.1) is 0 Å². The maximum Gasteiger partial charge on any atom is 0.302 e. The second-order valence-corrected chi connectivity index (χ2v) is 7.68. The van der Waals surface area contributed by atoms with E-state index >= 15 is 0 Å². The highest BCUT2D eigenvalue weighted by atomic mass is 16.6. The number of aliphatic hydroxyl groups is 1. The molecule has 3 aromatic rings.